The second-order valence-corrected chi connectivity index (χ2v) is 4.65. The van der Waals surface area contributed by atoms with E-state index in [1.807, 2.05) is 19.0 Å². The average molecular weight is 250 g/mol. The van der Waals surface area contributed by atoms with Crippen LogP contribution in [0.4, 0.5) is 0 Å². The lowest BCUT2D eigenvalue weighted by atomic mass is 10.1. The quantitative estimate of drug-likeness (QED) is 0.560. The van der Waals surface area contributed by atoms with Crippen LogP contribution in [0.15, 0.2) is 0 Å². The van der Waals surface area contributed by atoms with Crippen molar-refractivity contribution in [3.05, 3.63) is 0 Å². The molecule has 1 unspecified atom stereocenters. The van der Waals surface area contributed by atoms with Crippen molar-refractivity contribution < 1.29 is 4.79 Å². The van der Waals surface area contributed by atoms with E-state index < -0.39 is 0 Å². The van der Waals surface area contributed by atoms with Gasteiger partial charge in [-0.15, -0.1) is 0 Å². The van der Waals surface area contributed by atoms with E-state index in [1.165, 1.54) is 0 Å². The fraction of sp³-hybridized carbons (Fsp3) is 0.900. The molecule has 5 heteroatoms. The Morgan fingerprint density at radius 2 is 2.07 bits per heavy atom. The molecule has 0 fully saturated rings. The van der Waals surface area contributed by atoms with Gasteiger partial charge in [0.15, 0.2) is 0 Å². The van der Waals surface area contributed by atoms with Crippen molar-refractivity contribution in [2.45, 2.75) is 12.8 Å². The van der Waals surface area contributed by atoms with E-state index >= 15 is 0 Å². The van der Waals surface area contributed by atoms with Gasteiger partial charge in [0.2, 0.25) is 5.91 Å². The Balaban J connectivity index is 3.73. The van der Waals surface area contributed by atoms with Gasteiger partial charge in [-0.25, -0.2) is 0 Å². The lowest BCUT2D eigenvalue weighted by Crippen LogP contribution is -2.36. The van der Waals surface area contributed by atoms with Gasteiger partial charge in [0, 0.05) is 24.8 Å². The van der Waals surface area contributed by atoms with Crippen LogP contribution in [0.5, 0.6) is 0 Å². The maximum absolute atomic E-state index is 11.7. The molecule has 0 aromatic heterocycles. The Hall–Kier alpha value is 0.130. The van der Waals surface area contributed by atoms with Crippen molar-refractivity contribution in [3.8, 4) is 0 Å². The van der Waals surface area contributed by atoms with Crippen LogP contribution >= 0.6 is 25.3 Å². The fourth-order valence-electron chi connectivity index (χ4n) is 1.19. The highest BCUT2D eigenvalue weighted by Crippen LogP contribution is 2.09. The largest absolute Gasteiger partial charge is 0.355 e. The van der Waals surface area contributed by atoms with E-state index in [0.29, 0.717) is 12.3 Å². The van der Waals surface area contributed by atoms with Gasteiger partial charge in [0.1, 0.15) is 0 Å². The highest BCUT2D eigenvalue weighted by molar-refractivity contribution is 7.80. The van der Waals surface area contributed by atoms with Gasteiger partial charge in [0.25, 0.3) is 0 Å². The maximum atomic E-state index is 11.7. The zero-order valence-corrected chi connectivity index (χ0v) is 11.4. The van der Waals surface area contributed by atoms with E-state index in [2.05, 4.69) is 30.6 Å². The van der Waals surface area contributed by atoms with Crippen molar-refractivity contribution in [2.24, 2.45) is 5.92 Å². The first-order valence-electron chi connectivity index (χ1n) is 5.26. The molecule has 0 saturated heterocycles. The number of carbonyl (C=O) groups excluding carboxylic acids is 1. The number of hydrogen-bond acceptors (Lipinski definition) is 4. The molecule has 0 saturated carbocycles. The number of amides is 1. The molecule has 0 rings (SSSR count). The molecular weight excluding hydrogens is 228 g/mol. The molecule has 1 N–H and O–H groups in total. The van der Waals surface area contributed by atoms with Crippen molar-refractivity contribution in [3.63, 3.8) is 0 Å². The minimum atomic E-state index is 0.0302. The molecule has 15 heavy (non-hydrogen) atoms. The minimum Gasteiger partial charge on any atom is -0.355 e. The summed E-state index contributed by atoms with van der Waals surface area (Å²) in [6.45, 7) is 1.58. The van der Waals surface area contributed by atoms with Gasteiger partial charge in [-0.2, -0.15) is 25.3 Å². The van der Waals surface area contributed by atoms with Crippen molar-refractivity contribution in [1.82, 2.24) is 10.2 Å². The second kappa shape index (κ2) is 9.36. The van der Waals surface area contributed by atoms with Crippen LogP contribution in [0.1, 0.15) is 12.8 Å². The van der Waals surface area contributed by atoms with E-state index in [9.17, 15) is 4.79 Å². The van der Waals surface area contributed by atoms with Crippen molar-refractivity contribution >= 4 is 31.2 Å². The van der Waals surface area contributed by atoms with Gasteiger partial charge < -0.3 is 10.2 Å². The van der Waals surface area contributed by atoms with Crippen molar-refractivity contribution in [1.29, 1.82) is 0 Å². The van der Waals surface area contributed by atoms with Gasteiger partial charge >= 0.3 is 0 Å². The third-order valence-electron chi connectivity index (χ3n) is 2.16. The Morgan fingerprint density at radius 1 is 1.40 bits per heavy atom. The van der Waals surface area contributed by atoms with Crippen LogP contribution in [0.3, 0.4) is 0 Å². The average Bonchev–Trinajstić information content (AvgIpc) is 2.18. The molecule has 90 valence electrons. The minimum absolute atomic E-state index is 0.0302. The topological polar surface area (TPSA) is 32.3 Å². The highest BCUT2D eigenvalue weighted by atomic mass is 32.1. The summed E-state index contributed by atoms with van der Waals surface area (Å²) in [6, 6.07) is 0. The SMILES string of the molecule is CN(C)CCNC(=O)C(CS)CCCS. The number of hydrogen-bond donors (Lipinski definition) is 3. The number of nitrogens with zero attached hydrogens (tertiary/aromatic N) is 1. The van der Waals surface area contributed by atoms with Gasteiger partial charge in [0.05, 0.1) is 0 Å². The molecule has 0 aliphatic heterocycles. The zero-order chi connectivity index (χ0) is 11.7. The molecule has 1 atom stereocenters. The predicted molar refractivity (Wildman–Crippen MR) is 72.0 cm³/mol. The van der Waals surface area contributed by atoms with Gasteiger partial charge in [-0.3, -0.25) is 4.79 Å². The molecule has 0 aliphatic carbocycles. The monoisotopic (exact) mass is 250 g/mol. The van der Waals surface area contributed by atoms with Gasteiger partial charge in [-0.1, -0.05) is 0 Å². The number of rotatable bonds is 8. The maximum Gasteiger partial charge on any atom is 0.223 e. The summed E-state index contributed by atoms with van der Waals surface area (Å²) in [4.78, 5) is 13.7. The first-order chi connectivity index (χ1) is 7.11. The number of likely N-dealkylation sites (N-methyl/N-ethyl adjacent to an activating group) is 1. The van der Waals surface area contributed by atoms with E-state index in [4.69, 9.17) is 0 Å². The summed E-state index contributed by atoms with van der Waals surface area (Å²) >= 11 is 8.33. The Kier molecular flexibility index (Phi) is 9.44. The molecule has 0 aliphatic rings. The summed E-state index contributed by atoms with van der Waals surface area (Å²) in [5.41, 5.74) is 0. The first kappa shape index (κ1) is 15.1. The smallest absolute Gasteiger partial charge is 0.223 e. The van der Waals surface area contributed by atoms with Crippen molar-refractivity contribution in [2.75, 3.05) is 38.7 Å². The first-order valence-corrected chi connectivity index (χ1v) is 6.52. The number of carbonyl (C=O) groups is 1. The third kappa shape index (κ3) is 7.99. The Morgan fingerprint density at radius 3 is 2.53 bits per heavy atom. The Labute approximate surface area is 104 Å². The lowest BCUT2D eigenvalue weighted by molar-refractivity contribution is -0.124. The summed E-state index contributed by atoms with van der Waals surface area (Å²) in [7, 11) is 3.98. The van der Waals surface area contributed by atoms with Crippen LogP contribution in [0.25, 0.3) is 0 Å². The molecule has 3 nitrogen and oxygen atoms in total. The summed E-state index contributed by atoms with van der Waals surface area (Å²) in [5.74, 6) is 1.59. The molecule has 0 aromatic carbocycles. The lowest BCUT2D eigenvalue weighted by Gasteiger charge is -2.15. The van der Waals surface area contributed by atoms with Gasteiger partial charge in [-0.05, 0) is 32.7 Å². The molecule has 0 spiro atoms. The molecule has 1 amide bonds. The molecule has 0 bridgehead atoms. The van der Waals surface area contributed by atoms with Crippen LogP contribution < -0.4 is 5.32 Å². The summed E-state index contributed by atoms with van der Waals surface area (Å²) in [5, 5.41) is 2.92. The fourth-order valence-corrected chi connectivity index (χ4v) is 1.72. The van der Waals surface area contributed by atoms with Crippen LogP contribution in [0, 0.1) is 5.92 Å². The van der Waals surface area contributed by atoms with Crippen LogP contribution in [-0.4, -0.2) is 49.5 Å². The normalized spacial score (nSPS) is 12.9. The third-order valence-corrected chi connectivity index (χ3v) is 2.92. The molecular formula is C10H22N2OS2. The molecule has 0 heterocycles. The number of nitrogens with one attached hydrogen (secondary N) is 1. The van der Waals surface area contributed by atoms with E-state index in [-0.39, 0.29) is 11.8 Å². The van der Waals surface area contributed by atoms with Crippen LogP contribution in [-0.2, 0) is 4.79 Å². The second-order valence-electron chi connectivity index (χ2n) is 3.84. The highest BCUT2D eigenvalue weighted by Gasteiger charge is 2.15. The Bertz CT molecular complexity index is 177. The van der Waals surface area contributed by atoms with Crippen LogP contribution in [0.2, 0.25) is 0 Å². The summed E-state index contributed by atoms with van der Waals surface area (Å²) < 4.78 is 0. The predicted octanol–water partition coefficient (Wildman–Crippen LogP) is 0.920. The summed E-state index contributed by atoms with van der Waals surface area (Å²) in [6.07, 6.45) is 1.84. The standard InChI is InChI=1S/C10H22N2OS2/c1-12(2)6-5-11-10(13)9(8-15)4-3-7-14/h9,14-15H,3-8H2,1-2H3,(H,11,13). The molecule has 0 radical (unpaired) electrons. The molecule has 0 aromatic rings. The zero-order valence-electron chi connectivity index (χ0n) is 9.57. The van der Waals surface area contributed by atoms with E-state index in [1.54, 1.807) is 0 Å². The van der Waals surface area contributed by atoms with E-state index in [0.717, 1.165) is 25.1 Å². The number of thiol groups is 2.